The first kappa shape index (κ1) is 11.0. The molecule has 82 valence electrons. The molecule has 1 nitrogen and oxygen atoms in total. The summed E-state index contributed by atoms with van der Waals surface area (Å²) < 4.78 is 3.50. The smallest absolute Gasteiger partial charge is 0.0459 e. The molecular formula is C13H19NS. The minimum atomic E-state index is 0.520. The summed E-state index contributed by atoms with van der Waals surface area (Å²) in [5.41, 5.74) is 2.91. The summed E-state index contributed by atoms with van der Waals surface area (Å²) in [4.78, 5) is 1.42. The highest BCUT2D eigenvalue weighted by molar-refractivity contribution is 7.97. The van der Waals surface area contributed by atoms with Crippen molar-refractivity contribution in [3.63, 3.8) is 0 Å². The van der Waals surface area contributed by atoms with E-state index in [0.29, 0.717) is 17.9 Å². The zero-order valence-electron chi connectivity index (χ0n) is 9.87. The highest BCUT2D eigenvalue weighted by atomic mass is 32.2. The normalized spacial score (nSPS) is 20.0. The van der Waals surface area contributed by atoms with Gasteiger partial charge in [0.1, 0.15) is 0 Å². The van der Waals surface area contributed by atoms with E-state index in [1.54, 1.807) is 11.9 Å². The van der Waals surface area contributed by atoms with E-state index in [1.807, 2.05) is 0 Å². The first-order chi connectivity index (χ1) is 7.09. The maximum absolute atomic E-state index is 3.50. The topological polar surface area (TPSA) is 12.0 Å². The number of nitrogens with one attached hydrogen (secondary N) is 1. The summed E-state index contributed by atoms with van der Waals surface area (Å²) in [5.74, 6) is 1.28. The summed E-state index contributed by atoms with van der Waals surface area (Å²) in [7, 11) is 0. The second-order valence-corrected chi connectivity index (χ2v) is 5.77. The van der Waals surface area contributed by atoms with Crippen LogP contribution >= 0.6 is 11.9 Å². The summed E-state index contributed by atoms with van der Waals surface area (Å²) in [6.45, 7) is 9.02. The predicted molar refractivity (Wildman–Crippen MR) is 67.1 cm³/mol. The van der Waals surface area contributed by atoms with Crippen LogP contribution in [0.1, 0.15) is 50.8 Å². The maximum Gasteiger partial charge on any atom is 0.0459 e. The molecule has 0 spiro atoms. The Morgan fingerprint density at radius 1 is 1.20 bits per heavy atom. The number of fused-ring (bicyclic) bond motifs is 1. The third kappa shape index (κ3) is 2.06. The quantitative estimate of drug-likeness (QED) is 0.754. The van der Waals surface area contributed by atoms with Crippen LogP contribution in [0, 0.1) is 5.92 Å². The Balaban J connectivity index is 2.33. The van der Waals surface area contributed by atoms with Gasteiger partial charge in [-0.3, -0.25) is 4.72 Å². The molecular weight excluding hydrogens is 202 g/mol. The molecule has 15 heavy (non-hydrogen) atoms. The third-order valence-corrected chi connectivity index (χ3v) is 3.95. The largest absolute Gasteiger partial charge is 0.252 e. The summed E-state index contributed by atoms with van der Waals surface area (Å²) in [6.07, 6.45) is 0. The fraction of sp³-hybridized carbons (Fsp3) is 0.538. The van der Waals surface area contributed by atoms with E-state index in [2.05, 4.69) is 50.6 Å². The summed E-state index contributed by atoms with van der Waals surface area (Å²) in [5, 5.41) is 0. The maximum atomic E-state index is 3.50. The van der Waals surface area contributed by atoms with Gasteiger partial charge in [-0.25, -0.2) is 0 Å². The molecule has 1 aliphatic rings. The van der Waals surface area contributed by atoms with Gasteiger partial charge in [0.15, 0.2) is 0 Å². The van der Waals surface area contributed by atoms with Crippen molar-refractivity contribution in [2.45, 2.75) is 44.6 Å². The lowest BCUT2D eigenvalue weighted by molar-refractivity contribution is 0.491. The molecule has 2 heteroatoms. The summed E-state index contributed by atoms with van der Waals surface area (Å²) >= 11 is 1.79. The molecule has 0 aliphatic carbocycles. The van der Waals surface area contributed by atoms with Crippen LogP contribution in [0.4, 0.5) is 0 Å². The fourth-order valence-electron chi connectivity index (χ4n) is 1.94. The number of rotatable bonds is 2. The molecule has 0 saturated heterocycles. The van der Waals surface area contributed by atoms with Gasteiger partial charge in [-0.2, -0.15) is 0 Å². The van der Waals surface area contributed by atoms with Gasteiger partial charge < -0.3 is 0 Å². The van der Waals surface area contributed by atoms with Crippen molar-refractivity contribution in [3.05, 3.63) is 29.3 Å². The average molecular weight is 221 g/mol. The number of hydrogen-bond acceptors (Lipinski definition) is 2. The van der Waals surface area contributed by atoms with Crippen LogP contribution in [-0.2, 0) is 0 Å². The van der Waals surface area contributed by atoms with Crippen LogP contribution in [-0.4, -0.2) is 0 Å². The van der Waals surface area contributed by atoms with Crippen molar-refractivity contribution in [3.8, 4) is 0 Å². The molecule has 0 saturated carbocycles. The van der Waals surface area contributed by atoms with Gasteiger partial charge in [-0.15, -0.1) is 0 Å². The Bertz CT molecular complexity index is 358. The van der Waals surface area contributed by atoms with Gasteiger partial charge in [-0.05, 0) is 41.0 Å². The van der Waals surface area contributed by atoms with Crippen LogP contribution in [0.3, 0.4) is 0 Å². The minimum absolute atomic E-state index is 0.520. The fourth-order valence-corrected chi connectivity index (χ4v) is 3.10. The molecule has 1 unspecified atom stereocenters. The zero-order chi connectivity index (χ0) is 11.0. The molecule has 2 rings (SSSR count). The molecule has 0 aromatic heterocycles. The SMILES string of the molecule is CC(C)c1ccc2c(c1)SNC2C(C)C. The monoisotopic (exact) mass is 221 g/mol. The van der Waals surface area contributed by atoms with Crippen LogP contribution < -0.4 is 4.72 Å². The Kier molecular flexibility index (Phi) is 3.08. The second kappa shape index (κ2) is 4.18. The van der Waals surface area contributed by atoms with Gasteiger partial charge in [0.2, 0.25) is 0 Å². The van der Waals surface area contributed by atoms with Gasteiger partial charge in [0.05, 0.1) is 0 Å². The van der Waals surface area contributed by atoms with E-state index in [1.165, 1.54) is 16.0 Å². The lowest BCUT2D eigenvalue weighted by Gasteiger charge is -2.15. The number of hydrogen-bond donors (Lipinski definition) is 1. The van der Waals surface area contributed by atoms with Crippen molar-refractivity contribution >= 4 is 11.9 Å². The van der Waals surface area contributed by atoms with E-state index >= 15 is 0 Å². The first-order valence-corrected chi connectivity index (χ1v) is 6.47. The zero-order valence-corrected chi connectivity index (χ0v) is 10.7. The molecule has 1 atom stereocenters. The van der Waals surface area contributed by atoms with Gasteiger partial charge >= 0.3 is 0 Å². The van der Waals surface area contributed by atoms with Crippen LogP contribution in [0.2, 0.25) is 0 Å². The molecule has 0 radical (unpaired) electrons. The predicted octanol–water partition coefficient (Wildman–Crippen LogP) is 4.12. The third-order valence-electron chi connectivity index (χ3n) is 3.00. The van der Waals surface area contributed by atoms with Gasteiger partial charge in [0.25, 0.3) is 0 Å². The van der Waals surface area contributed by atoms with Crippen LogP contribution in [0.15, 0.2) is 23.1 Å². The lowest BCUT2D eigenvalue weighted by Crippen LogP contribution is -2.14. The Morgan fingerprint density at radius 2 is 1.93 bits per heavy atom. The van der Waals surface area contributed by atoms with Gasteiger partial charge in [-0.1, -0.05) is 39.8 Å². The highest BCUT2D eigenvalue weighted by Crippen LogP contribution is 2.39. The Hall–Kier alpha value is -0.470. The number of benzene rings is 1. The standard InChI is InChI=1S/C13H19NS/c1-8(2)10-5-6-11-12(7-10)15-14-13(11)9(3)4/h5-9,13-14H,1-4H3. The van der Waals surface area contributed by atoms with Crippen LogP contribution in [0.25, 0.3) is 0 Å². The Labute approximate surface area is 96.8 Å². The molecule has 1 aliphatic heterocycles. The molecule has 0 fully saturated rings. The second-order valence-electron chi connectivity index (χ2n) is 4.89. The van der Waals surface area contributed by atoms with E-state index in [9.17, 15) is 0 Å². The first-order valence-electron chi connectivity index (χ1n) is 5.66. The molecule has 1 heterocycles. The van der Waals surface area contributed by atoms with E-state index in [-0.39, 0.29) is 0 Å². The lowest BCUT2D eigenvalue weighted by atomic mass is 9.94. The van der Waals surface area contributed by atoms with Crippen molar-refractivity contribution in [2.75, 3.05) is 0 Å². The molecule has 1 aromatic carbocycles. The highest BCUT2D eigenvalue weighted by Gasteiger charge is 2.25. The van der Waals surface area contributed by atoms with E-state index in [0.717, 1.165) is 0 Å². The van der Waals surface area contributed by atoms with Crippen LogP contribution in [0.5, 0.6) is 0 Å². The molecule has 1 N–H and O–H groups in total. The Morgan fingerprint density at radius 3 is 2.53 bits per heavy atom. The van der Waals surface area contributed by atoms with Crippen molar-refractivity contribution in [1.82, 2.24) is 4.72 Å². The van der Waals surface area contributed by atoms with Crippen molar-refractivity contribution in [2.24, 2.45) is 5.92 Å². The summed E-state index contributed by atoms with van der Waals surface area (Å²) in [6, 6.07) is 7.42. The average Bonchev–Trinajstić information content (AvgIpc) is 2.59. The minimum Gasteiger partial charge on any atom is -0.252 e. The van der Waals surface area contributed by atoms with E-state index < -0.39 is 0 Å². The van der Waals surface area contributed by atoms with Crippen molar-refractivity contribution in [1.29, 1.82) is 0 Å². The molecule has 0 bridgehead atoms. The molecule has 0 amide bonds. The van der Waals surface area contributed by atoms with Crippen molar-refractivity contribution < 1.29 is 0 Å². The molecule has 1 aromatic rings. The van der Waals surface area contributed by atoms with E-state index in [4.69, 9.17) is 0 Å². The van der Waals surface area contributed by atoms with Gasteiger partial charge in [0, 0.05) is 10.9 Å².